The fourth-order valence-corrected chi connectivity index (χ4v) is 3.42. The van der Waals surface area contributed by atoms with Gasteiger partial charge < -0.3 is 10.6 Å². The Kier molecular flexibility index (Phi) is 8.51. The summed E-state index contributed by atoms with van der Waals surface area (Å²) >= 11 is 1.27. The summed E-state index contributed by atoms with van der Waals surface area (Å²) in [6.45, 7) is 6.04. The summed E-state index contributed by atoms with van der Waals surface area (Å²) in [5.74, 6) is -0.0827. The number of halogens is 1. The topological polar surface area (TPSA) is 58.2 Å². The SMILES string of the molecule is CC(C)CC(NC(=O)C(C)SCC(=O)Nc1ccc(F)cc1)c1ccccc1. The first-order valence-electron chi connectivity index (χ1n) is 9.37. The molecule has 28 heavy (non-hydrogen) atoms. The molecule has 0 aliphatic carbocycles. The third-order valence-electron chi connectivity index (χ3n) is 4.19. The van der Waals surface area contributed by atoms with E-state index in [0.717, 1.165) is 12.0 Å². The van der Waals surface area contributed by atoms with Gasteiger partial charge in [-0.3, -0.25) is 9.59 Å². The molecule has 0 radical (unpaired) electrons. The molecule has 2 rings (SSSR count). The van der Waals surface area contributed by atoms with Crippen molar-refractivity contribution in [3.63, 3.8) is 0 Å². The number of amides is 2. The molecule has 2 amide bonds. The van der Waals surface area contributed by atoms with E-state index >= 15 is 0 Å². The number of carbonyl (C=O) groups is 2. The van der Waals surface area contributed by atoms with Gasteiger partial charge in [-0.2, -0.15) is 0 Å². The Morgan fingerprint density at radius 3 is 2.25 bits per heavy atom. The molecule has 150 valence electrons. The minimum atomic E-state index is -0.364. The van der Waals surface area contributed by atoms with Gasteiger partial charge in [-0.05, 0) is 49.1 Å². The fourth-order valence-electron chi connectivity index (χ4n) is 2.73. The van der Waals surface area contributed by atoms with E-state index in [2.05, 4.69) is 24.5 Å². The Morgan fingerprint density at radius 1 is 1.00 bits per heavy atom. The molecule has 2 unspecified atom stereocenters. The van der Waals surface area contributed by atoms with Crippen molar-refractivity contribution in [2.24, 2.45) is 5.92 Å². The van der Waals surface area contributed by atoms with Crippen molar-refractivity contribution in [3.05, 3.63) is 66.0 Å². The lowest BCUT2D eigenvalue weighted by Gasteiger charge is -2.23. The first kappa shape index (κ1) is 22.0. The van der Waals surface area contributed by atoms with Gasteiger partial charge in [-0.15, -0.1) is 11.8 Å². The molecule has 0 aliphatic rings. The van der Waals surface area contributed by atoms with Crippen molar-refractivity contribution in [2.75, 3.05) is 11.1 Å². The molecule has 2 atom stereocenters. The highest BCUT2D eigenvalue weighted by atomic mass is 32.2. The number of thioether (sulfide) groups is 1. The summed E-state index contributed by atoms with van der Waals surface area (Å²) in [6.07, 6.45) is 0.845. The Hall–Kier alpha value is -2.34. The smallest absolute Gasteiger partial charge is 0.234 e. The monoisotopic (exact) mass is 402 g/mol. The van der Waals surface area contributed by atoms with Gasteiger partial charge in [0.05, 0.1) is 17.0 Å². The first-order valence-corrected chi connectivity index (χ1v) is 10.4. The van der Waals surface area contributed by atoms with E-state index in [1.807, 2.05) is 30.3 Å². The molecule has 0 saturated heterocycles. The van der Waals surface area contributed by atoms with Gasteiger partial charge in [0.2, 0.25) is 11.8 Å². The quantitative estimate of drug-likeness (QED) is 0.634. The van der Waals surface area contributed by atoms with E-state index < -0.39 is 0 Å². The van der Waals surface area contributed by atoms with E-state index in [1.54, 1.807) is 6.92 Å². The molecule has 0 saturated carbocycles. The molecule has 0 spiro atoms. The standard InChI is InChI=1S/C22H27FN2O2S/c1-15(2)13-20(17-7-5-4-6-8-17)25-22(27)16(3)28-14-21(26)24-19-11-9-18(23)10-12-19/h4-12,15-16,20H,13-14H2,1-3H3,(H,24,26)(H,25,27). The van der Waals surface area contributed by atoms with Crippen molar-refractivity contribution in [1.82, 2.24) is 5.32 Å². The van der Waals surface area contributed by atoms with Crippen molar-refractivity contribution >= 4 is 29.3 Å². The molecule has 4 nitrogen and oxygen atoms in total. The Bertz CT molecular complexity index is 766. The zero-order valence-electron chi connectivity index (χ0n) is 16.4. The Morgan fingerprint density at radius 2 is 1.64 bits per heavy atom. The predicted molar refractivity (Wildman–Crippen MR) is 114 cm³/mol. The normalized spacial score (nSPS) is 13.0. The van der Waals surface area contributed by atoms with Gasteiger partial charge in [-0.1, -0.05) is 44.2 Å². The summed E-state index contributed by atoms with van der Waals surface area (Å²) in [5.41, 5.74) is 1.61. The molecule has 0 aliphatic heterocycles. The number of nitrogens with one attached hydrogen (secondary N) is 2. The maximum Gasteiger partial charge on any atom is 0.234 e. The molecular formula is C22H27FN2O2S. The van der Waals surface area contributed by atoms with E-state index in [0.29, 0.717) is 11.6 Å². The van der Waals surface area contributed by atoms with Gasteiger partial charge in [0.1, 0.15) is 5.82 Å². The van der Waals surface area contributed by atoms with Crippen LogP contribution in [0.2, 0.25) is 0 Å². The second-order valence-corrected chi connectivity index (χ2v) is 8.44. The van der Waals surface area contributed by atoms with Crippen LogP contribution >= 0.6 is 11.8 Å². The maximum atomic E-state index is 12.9. The predicted octanol–water partition coefficient (Wildman–Crippen LogP) is 4.79. The molecule has 0 bridgehead atoms. The fraction of sp³-hybridized carbons (Fsp3) is 0.364. The molecular weight excluding hydrogens is 375 g/mol. The maximum absolute atomic E-state index is 12.9. The molecule has 0 aromatic heterocycles. The van der Waals surface area contributed by atoms with Crippen LogP contribution < -0.4 is 10.6 Å². The van der Waals surface area contributed by atoms with Crippen LogP contribution in [0.15, 0.2) is 54.6 Å². The molecule has 0 fully saturated rings. The lowest BCUT2D eigenvalue weighted by atomic mass is 9.97. The number of hydrogen-bond acceptors (Lipinski definition) is 3. The average Bonchev–Trinajstić information content (AvgIpc) is 2.67. The van der Waals surface area contributed by atoms with Crippen molar-refractivity contribution in [1.29, 1.82) is 0 Å². The van der Waals surface area contributed by atoms with Crippen LogP contribution in [0.25, 0.3) is 0 Å². The minimum absolute atomic E-state index is 0.0511. The minimum Gasteiger partial charge on any atom is -0.348 e. The molecule has 2 aromatic carbocycles. The van der Waals surface area contributed by atoms with Crippen molar-refractivity contribution < 1.29 is 14.0 Å². The zero-order valence-corrected chi connectivity index (χ0v) is 17.3. The van der Waals surface area contributed by atoms with E-state index in [9.17, 15) is 14.0 Å². The molecule has 6 heteroatoms. The van der Waals surface area contributed by atoms with Crippen LogP contribution in [0.5, 0.6) is 0 Å². The van der Waals surface area contributed by atoms with Gasteiger partial charge in [0, 0.05) is 5.69 Å². The highest BCUT2D eigenvalue weighted by Crippen LogP contribution is 2.22. The van der Waals surface area contributed by atoms with Crippen LogP contribution in [0.1, 0.15) is 38.8 Å². The van der Waals surface area contributed by atoms with Crippen LogP contribution in [0.3, 0.4) is 0 Å². The lowest BCUT2D eigenvalue weighted by Crippen LogP contribution is -2.35. The first-order chi connectivity index (χ1) is 13.3. The third kappa shape index (κ3) is 7.35. The van der Waals surface area contributed by atoms with Crippen LogP contribution in [0.4, 0.5) is 10.1 Å². The summed E-state index contributed by atoms with van der Waals surface area (Å²) in [5, 5.41) is 5.45. The molecule has 2 N–H and O–H groups in total. The van der Waals surface area contributed by atoms with Gasteiger partial charge in [0.15, 0.2) is 0 Å². The number of anilines is 1. The van der Waals surface area contributed by atoms with Crippen LogP contribution in [-0.4, -0.2) is 22.8 Å². The highest BCUT2D eigenvalue weighted by molar-refractivity contribution is 8.01. The second kappa shape index (κ2) is 10.9. The lowest BCUT2D eigenvalue weighted by molar-refractivity contribution is -0.121. The summed E-state index contributed by atoms with van der Waals surface area (Å²) in [6, 6.07) is 15.5. The van der Waals surface area contributed by atoms with E-state index in [4.69, 9.17) is 0 Å². The second-order valence-electron chi connectivity index (χ2n) is 7.11. The zero-order chi connectivity index (χ0) is 20.5. The number of hydrogen-bond donors (Lipinski definition) is 2. The summed E-state index contributed by atoms with van der Waals surface area (Å²) in [4.78, 5) is 24.7. The van der Waals surface area contributed by atoms with Crippen LogP contribution in [0, 0.1) is 11.7 Å². The number of benzene rings is 2. The largest absolute Gasteiger partial charge is 0.348 e. The summed E-state index contributed by atoms with van der Waals surface area (Å²) < 4.78 is 12.9. The van der Waals surface area contributed by atoms with E-state index in [1.165, 1.54) is 36.0 Å². The van der Waals surface area contributed by atoms with Gasteiger partial charge in [-0.25, -0.2) is 4.39 Å². The van der Waals surface area contributed by atoms with Gasteiger partial charge >= 0.3 is 0 Å². The van der Waals surface area contributed by atoms with Crippen molar-refractivity contribution in [3.8, 4) is 0 Å². The third-order valence-corrected chi connectivity index (χ3v) is 5.33. The summed E-state index contributed by atoms with van der Waals surface area (Å²) in [7, 11) is 0. The van der Waals surface area contributed by atoms with Crippen LogP contribution in [-0.2, 0) is 9.59 Å². The average molecular weight is 403 g/mol. The Balaban J connectivity index is 1.86. The number of rotatable bonds is 9. The number of carbonyl (C=O) groups excluding carboxylic acids is 2. The highest BCUT2D eigenvalue weighted by Gasteiger charge is 2.21. The molecule has 2 aromatic rings. The van der Waals surface area contributed by atoms with E-state index in [-0.39, 0.29) is 34.7 Å². The molecule has 0 heterocycles. The Labute approximate surface area is 170 Å². The van der Waals surface area contributed by atoms with Gasteiger partial charge in [0.25, 0.3) is 0 Å². The van der Waals surface area contributed by atoms with Crippen molar-refractivity contribution in [2.45, 2.75) is 38.5 Å².